The fraction of sp³-hybridized carbons (Fsp3) is 0.231. The van der Waals surface area contributed by atoms with Crippen LogP contribution >= 0.6 is 0 Å². The van der Waals surface area contributed by atoms with E-state index in [1.807, 2.05) is 18.2 Å². The molecule has 7 nitrogen and oxygen atoms in total. The lowest BCUT2D eigenvalue weighted by Gasteiger charge is -2.14. The van der Waals surface area contributed by atoms with Gasteiger partial charge in [-0.25, -0.2) is 0 Å². The Bertz CT molecular complexity index is 609. The topological polar surface area (TPSA) is 92.1 Å². The van der Waals surface area contributed by atoms with Crippen molar-refractivity contribution in [2.24, 2.45) is 0 Å². The highest BCUT2D eigenvalue weighted by molar-refractivity contribution is 5.96. The number of likely N-dealkylation sites (N-methyl/N-ethyl adjacent to an activating group) is 1. The van der Waals surface area contributed by atoms with Crippen LogP contribution in [-0.4, -0.2) is 39.2 Å². The van der Waals surface area contributed by atoms with Crippen molar-refractivity contribution in [1.82, 2.24) is 14.9 Å². The number of H-pyrrole nitrogens is 1. The van der Waals surface area contributed by atoms with Crippen molar-refractivity contribution in [3.05, 3.63) is 58.2 Å². The smallest absolute Gasteiger partial charge is 0.287 e. The molecular weight excluding hydrogens is 260 g/mol. The molecule has 0 aliphatic rings. The summed E-state index contributed by atoms with van der Waals surface area (Å²) in [4.78, 5) is 30.6. The lowest BCUT2D eigenvalue weighted by atomic mass is 10.2. The van der Waals surface area contributed by atoms with E-state index >= 15 is 0 Å². The monoisotopic (exact) mass is 274 g/mol. The van der Waals surface area contributed by atoms with Gasteiger partial charge in [0.15, 0.2) is 5.78 Å². The number of aromatic amines is 1. The second-order valence-corrected chi connectivity index (χ2v) is 4.45. The molecule has 0 fully saturated rings. The molecule has 0 atom stereocenters. The van der Waals surface area contributed by atoms with Crippen molar-refractivity contribution in [2.45, 2.75) is 6.54 Å². The highest BCUT2D eigenvalue weighted by Crippen LogP contribution is 2.13. The van der Waals surface area contributed by atoms with Crippen LogP contribution in [0.4, 0.5) is 5.69 Å². The summed E-state index contributed by atoms with van der Waals surface area (Å²) in [5.41, 5.74) is 0.991. The second-order valence-electron chi connectivity index (χ2n) is 4.45. The molecule has 1 N–H and O–H groups in total. The molecule has 0 spiro atoms. The van der Waals surface area contributed by atoms with Crippen molar-refractivity contribution >= 4 is 11.5 Å². The molecule has 20 heavy (non-hydrogen) atoms. The third-order valence-corrected chi connectivity index (χ3v) is 2.75. The Labute approximate surface area is 115 Å². The van der Waals surface area contributed by atoms with Gasteiger partial charge in [0.05, 0.1) is 29.1 Å². The molecule has 0 amide bonds. The molecule has 2 heterocycles. The zero-order valence-corrected chi connectivity index (χ0v) is 10.9. The Morgan fingerprint density at radius 1 is 1.50 bits per heavy atom. The summed E-state index contributed by atoms with van der Waals surface area (Å²) < 4.78 is 0. The number of hydrogen-bond donors (Lipinski definition) is 1. The summed E-state index contributed by atoms with van der Waals surface area (Å²) >= 11 is 0. The van der Waals surface area contributed by atoms with Gasteiger partial charge < -0.3 is 4.98 Å². The number of aromatic nitrogens is 2. The molecular formula is C13H14N4O3. The Balaban J connectivity index is 1.95. The van der Waals surface area contributed by atoms with E-state index in [0.29, 0.717) is 6.54 Å². The molecule has 0 bridgehead atoms. The Morgan fingerprint density at radius 3 is 2.90 bits per heavy atom. The van der Waals surface area contributed by atoms with Crippen LogP contribution in [-0.2, 0) is 6.54 Å². The first-order valence-electron chi connectivity index (χ1n) is 6.00. The highest BCUT2D eigenvalue weighted by Gasteiger charge is 2.16. The van der Waals surface area contributed by atoms with Crippen molar-refractivity contribution < 1.29 is 9.72 Å². The maximum atomic E-state index is 12.0. The first-order chi connectivity index (χ1) is 9.56. The summed E-state index contributed by atoms with van der Waals surface area (Å²) in [5, 5.41) is 10.6. The Kier molecular flexibility index (Phi) is 4.21. The van der Waals surface area contributed by atoms with Gasteiger partial charge >= 0.3 is 0 Å². The summed E-state index contributed by atoms with van der Waals surface area (Å²) in [5.74, 6) is -0.198. The molecule has 104 valence electrons. The number of hydrogen-bond acceptors (Lipinski definition) is 5. The van der Waals surface area contributed by atoms with Crippen LogP contribution in [0.3, 0.4) is 0 Å². The fourth-order valence-corrected chi connectivity index (χ4v) is 1.80. The number of carbonyl (C=O) groups excluding carboxylic acids is 1. The Morgan fingerprint density at radius 2 is 2.30 bits per heavy atom. The van der Waals surface area contributed by atoms with Gasteiger partial charge in [-0.3, -0.25) is 24.8 Å². The first kappa shape index (κ1) is 13.9. The number of nitrogens with zero attached hydrogens (tertiary/aromatic N) is 3. The SMILES string of the molecule is CN(CC(=O)c1cc([N+](=O)[O-])c[nH]1)Cc1ccccn1. The average molecular weight is 274 g/mol. The van der Waals surface area contributed by atoms with Gasteiger partial charge in [-0.05, 0) is 19.2 Å². The van der Waals surface area contributed by atoms with Gasteiger partial charge in [0, 0.05) is 18.8 Å². The van der Waals surface area contributed by atoms with E-state index in [1.54, 1.807) is 18.1 Å². The van der Waals surface area contributed by atoms with E-state index in [2.05, 4.69) is 9.97 Å². The number of carbonyl (C=O) groups is 1. The highest BCUT2D eigenvalue weighted by atomic mass is 16.6. The average Bonchev–Trinajstić information content (AvgIpc) is 2.89. The molecule has 0 saturated carbocycles. The van der Waals surface area contributed by atoms with Crippen molar-refractivity contribution in [3.63, 3.8) is 0 Å². The third kappa shape index (κ3) is 3.48. The molecule has 0 saturated heterocycles. The largest absolute Gasteiger partial charge is 0.353 e. The van der Waals surface area contributed by atoms with Crippen LogP contribution in [0.2, 0.25) is 0 Å². The van der Waals surface area contributed by atoms with Crippen LogP contribution in [0, 0.1) is 10.1 Å². The lowest BCUT2D eigenvalue weighted by Crippen LogP contribution is -2.26. The minimum atomic E-state index is -0.537. The van der Waals surface area contributed by atoms with Crippen LogP contribution in [0.15, 0.2) is 36.7 Å². The van der Waals surface area contributed by atoms with Crippen molar-refractivity contribution in [3.8, 4) is 0 Å². The van der Waals surface area contributed by atoms with E-state index < -0.39 is 4.92 Å². The van der Waals surface area contributed by atoms with Gasteiger partial charge in [0.1, 0.15) is 0 Å². The third-order valence-electron chi connectivity index (χ3n) is 2.75. The van der Waals surface area contributed by atoms with Gasteiger partial charge in [0.2, 0.25) is 0 Å². The number of rotatable bonds is 6. The minimum absolute atomic E-state index is 0.110. The maximum Gasteiger partial charge on any atom is 0.287 e. The maximum absolute atomic E-state index is 12.0. The molecule has 2 rings (SSSR count). The Hall–Kier alpha value is -2.54. The molecule has 2 aromatic rings. The van der Waals surface area contributed by atoms with Crippen LogP contribution < -0.4 is 0 Å². The zero-order chi connectivity index (χ0) is 14.5. The number of ketones is 1. The summed E-state index contributed by atoms with van der Waals surface area (Å²) in [6, 6.07) is 6.83. The van der Waals surface area contributed by atoms with E-state index in [9.17, 15) is 14.9 Å². The van der Waals surface area contributed by atoms with E-state index in [0.717, 1.165) is 5.69 Å². The van der Waals surface area contributed by atoms with Crippen molar-refractivity contribution in [1.29, 1.82) is 0 Å². The predicted molar refractivity (Wildman–Crippen MR) is 72.3 cm³/mol. The van der Waals surface area contributed by atoms with E-state index in [1.165, 1.54) is 12.3 Å². The van der Waals surface area contributed by atoms with Crippen LogP contribution in [0.25, 0.3) is 0 Å². The van der Waals surface area contributed by atoms with Gasteiger partial charge in [-0.1, -0.05) is 6.07 Å². The first-order valence-corrected chi connectivity index (χ1v) is 6.00. The van der Waals surface area contributed by atoms with E-state index in [4.69, 9.17) is 0 Å². The van der Waals surface area contributed by atoms with Crippen LogP contribution in [0.1, 0.15) is 16.2 Å². The van der Waals surface area contributed by atoms with E-state index in [-0.39, 0.29) is 23.7 Å². The van der Waals surface area contributed by atoms with Crippen molar-refractivity contribution in [2.75, 3.05) is 13.6 Å². The minimum Gasteiger partial charge on any atom is -0.353 e. The quantitative estimate of drug-likeness (QED) is 0.491. The van der Waals surface area contributed by atoms with Gasteiger partial charge in [0.25, 0.3) is 5.69 Å². The summed E-state index contributed by atoms with van der Waals surface area (Å²) in [6.45, 7) is 0.698. The number of nitrogens with one attached hydrogen (secondary N) is 1. The molecule has 0 unspecified atom stereocenters. The lowest BCUT2D eigenvalue weighted by molar-refractivity contribution is -0.384. The number of nitro groups is 1. The number of Topliss-reactive ketones (excluding diaryl/α,β-unsaturated/α-hetero) is 1. The summed E-state index contributed by atoms with van der Waals surface area (Å²) in [7, 11) is 1.80. The molecule has 0 aliphatic heterocycles. The number of pyridine rings is 1. The standard InChI is InChI=1S/C13H14N4O3/c1-16(8-10-4-2-3-5-14-10)9-13(18)12-6-11(7-15-12)17(19)20/h2-7,15H,8-9H2,1H3. The summed E-state index contributed by atoms with van der Waals surface area (Å²) in [6.07, 6.45) is 2.91. The molecule has 0 aliphatic carbocycles. The van der Waals surface area contributed by atoms with Gasteiger partial charge in [-0.2, -0.15) is 0 Å². The van der Waals surface area contributed by atoms with Crippen LogP contribution in [0.5, 0.6) is 0 Å². The second kappa shape index (κ2) is 6.07. The molecule has 0 aromatic carbocycles. The fourth-order valence-electron chi connectivity index (χ4n) is 1.80. The molecule has 7 heteroatoms. The zero-order valence-electron chi connectivity index (χ0n) is 10.9. The van der Waals surface area contributed by atoms with Gasteiger partial charge in [-0.15, -0.1) is 0 Å². The normalized spacial score (nSPS) is 10.7. The molecule has 0 radical (unpaired) electrons. The predicted octanol–water partition coefficient (Wildman–Crippen LogP) is 1.63. The molecule has 2 aromatic heterocycles.